The van der Waals surface area contributed by atoms with Crippen molar-refractivity contribution in [3.8, 4) is 55.6 Å². The maximum Gasteiger partial charge on any atom is 0.0543 e. The first kappa shape index (κ1) is 38.0. The summed E-state index contributed by atoms with van der Waals surface area (Å²) in [5, 5.41) is 2.47. The zero-order valence-corrected chi connectivity index (χ0v) is 36.4. The van der Waals surface area contributed by atoms with Crippen LogP contribution >= 0.6 is 0 Å². The van der Waals surface area contributed by atoms with Gasteiger partial charge in [-0.25, -0.2) is 0 Å². The number of anilines is 3. The molecule has 0 fully saturated rings. The first-order valence-electron chi connectivity index (χ1n) is 22.5. The van der Waals surface area contributed by atoms with Crippen LogP contribution < -0.4 is 4.90 Å². The highest BCUT2D eigenvalue weighted by atomic mass is 15.1. The quantitative estimate of drug-likeness (QED) is 0.155. The Morgan fingerprint density at radius 1 is 0.328 bits per heavy atom. The number of fused-ring (bicyclic) bond motifs is 7. The number of nitrogens with zero attached hydrogens (tertiary/aromatic N) is 1. The fourth-order valence-corrected chi connectivity index (χ4v) is 11.2. The Bertz CT molecular complexity index is 3410. The minimum Gasteiger partial charge on any atom is -0.309 e. The van der Waals surface area contributed by atoms with Crippen LogP contribution in [0.5, 0.6) is 0 Å². The summed E-state index contributed by atoms with van der Waals surface area (Å²) >= 11 is 0. The second-order valence-corrected chi connectivity index (χ2v) is 18.1. The SMILES string of the molecule is CC1(C)c2ccccc2-c2ccc(-c3ccc(N(c4ccccc4-c4cccc5cccc(-c6ccccc6)c45)c4cccc5c4-c4ccccc4C5(C)c4ccccc4)cc3)cc21. The van der Waals surface area contributed by atoms with Crippen LogP contribution in [0.1, 0.15) is 48.6 Å². The predicted octanol–water partition coefficient (Wildman–Crippen LogP) is 17.0. The summed E-state index contributed by atoms with van der Waals surface area (Å²) in [7, 11) is 0. The van der Waals surface area contributed by atoms with E-state index in [1.165, 1.54) is 94.2 Å². The third kappa shape index (κ3) is 5.70. The van der Waals surface area contributed by atoms with Crippen molar-refractivity contribution < 1.29 is 0 Å². The Kier molecular flexibility index (Phi) is 8.71. The van der Waals surface area contributed by atoms with E-state index >= 15 is 0 Å². The van der Waals surface area contributed by atoms with Crippen LogP contribution in [0.25, 0.3) is 66.4 Å². The minimum atomic E-state index is -0.334. The van der Waals surface area contributed by atoms with Gasteiger partial charge in [0.05, 0.1) is 11.4 Å². The molecule has 12 rings (SSSR count). The van der Waals surface area contributed by atoms with Gasteiger partial charge in [-0.1, -0.05) is 214 Å². The molecule has 0 aliphatic heterocycles. The molecule has 1 nitrogen and oxygen atoms in total. The molecule has 0 amide bonds. The largest absolute Gasteiger partial charge is 0.309 e. The van der Waals surface area contributed by atoms with Gasteiger partial charge in [0.1, 0.15) is 0 Å². The van der Waals surface area contributed by atoms with Gasteiger partial charge in [0, 0.05) is 27.6 Å². The van der Waals surface area contributed by atoms with Gasteiger partial charge in [-0.3, -0.25) is 0 Å². The fraction of sp³-hybridized carbons (Fsp3) is 0.0794. The van der Waals surface area contributed by atoms with Crippen LogP contribution in [-0.4, -0.2) is 0 Å². The summed E-state index contributed by atoms with van der Waals surface area (Å²) in [4.78, 5) is 2.53. The highest BCUT2D eigenvalue weighted by Crippen LogP contribution is 2.58. The van der Waals surface area contributed by atoms with Crippen molar-refractivity contribution >= 4 is 27.8 Å². The lowest BCUT2D eigenvalue weighted by atomic mass is 9.74. The average molecular weight is 818 g/mol. The average Bonchev–Trinajstić information content (AvgIpc) is 3.76. The van der Waals surface area contributed by atoms with Gasteiger partial charge in [0.2, 0.25) is 0 Å². The van der Waals surface area contributed by atoms with Crippen LogP contribution in [0.2, 0.25) is 0 Å². The predicted molar refractivity (Wildman–Crippen MR) is 270 cm³/mol. The van der Waals surface area contributed by atoms with Crippen molar-refractivity contribution in [2.45, 2.75) is 31.6 Å². The zero-order valence-electron chi connectivity index (χ0n) is 36.4. The van der Waals surface area contributed by atoms with Crippen molar-refractivity contribution in [1.82, 2.24) is 0 Å². The van der Waals surface area contributed by atoms with Crippen molar-refractivity contribution in [2.24, 2.45) is 0 Å². The number of benzene rings is 10. The van der Waals surface area contributed by atoms with Gasteiger partial charge >= 0.3 is 0 Å². The van der Waals surface area contributed by atoms with Crippen molar-refractivity contribution in [2.75, 3.05) is 4.90 Å². The summed E-state index contributed by atoms with van der Waals surface area (Å²) in [6.45, 7) is 7.12. The fourth-order valence-electron chi connectivity index (χ4n) is 11.2. The highest BCUT2D eigenvalue weighted by molar-refractivity contribution is 6.09. The van der Waals surface area contributed by atoms with E-state index in [2.05, 4.69) is 256 Å². The monoisotopic (exact) mass is 817 g/mol. The van der Waals surface area contributed by atoms with Gasteiger partial charge in [-0.2, -0.15) is 0 Å². The van der Waals surface area contributed by atoms with E-state index < -0.39 is 0 Å². The lowest BCUT2D eigenvalue weighted by Crippen LogP contribution is -2.22. The molecular formula is C63H47N. The number of para-hydroxylation sites is 1. The van der Waals surface area contributed by atoms with E-state index in [1.54, 1.807) is 0 Å². The molecule has 1 atom stereocenters. The zero-order chi connectivity index (χ0) is 43.0. The van der Waals surface area contributed by atoms with Crippen LogP contribution in [0.15, 0.2) is 231 Å². The van der Waals surface area contributed by atoms with Gasteiger partial charge in [0.15, 0.2) is 0 Å². The molecule has 1 heteroatoms. The molecule has 0 radical (unpaired) electrons. The second-order valence-electron chi connectivity index (χ2n) is 18.1. The molecule has 0 saturated carbocycles. The minimum absolute atomic E-state index is 0.0669. The van der Waals surface area contributed by atoms with Crippen LogP contribution in [0, 0.1) is 0 Å². The molecule has 0 bridgehead atoms. The Morgan fingerprint density at radius 3 is 1.64 bits per heavy atom. The topological polar surface area (TPSA) is 3.24 Å². The van der Waals surface area contributed by atoms with E-state index in [-0.39, 0.29) is 10.8 Å². The molecular weight excluding hydrogens is 771 g/mol. The first-order chi connectivity index (χ1) is 31.4. The maximum atomic E-state index is 2.53. The summed E-state index contributed by atoms with van der Waals surface area (Å²) in [5.41, 5.74) is 22.2. The van der Waals surface area contributed by atoms with E-state index in [0.717, 1.165) is 17.1 Å². The van der Waals surface area contributed by atoms with E-state index in [9.17, 15) is 0 Å². The normalized spacial score (nSPS) is 15.3. The van der Waals surface area contributed by atoms with Gasteiger partial charge in [-0.15, -0.1) is 0 Å². The Labute approximate surface area is 376 Å². The van der Waals surface area contributed by atoms with Crippen molar-refractivity contribution in [3.05, 3.63) is 258 Å². The lowest BCUT2D eigenvalue weighted by Gasteiger charge is -2.32. The molecule has 0 N–H and O–H groups in total. The van der Waals surface area contributed by atoms with E-state index in [4.69, 9.17) is 0 Å². The van der Waals surface area contributed by atoms with E-state index in [1.807, 2.05) is 0 Å². The highest BCUT2D eigenvalue weighted by Gasteiger charge is 2.42. The molecule has 10 aromatic rings. The van der Waals surface area contributed by atoms with Crippen LogP contribution in [-0.2, 0) is 10.8 Å². The molecule has 1 unspecified atom stereocenters. The molecule has 0 aromatic heterocycles. The van der Waals surface area contributed by atoms with Gasteiger partial charge in [-0.05, 0) is 120 Å². The smallest absolute Gasteiger partial charge is 0.0543 e. The molecule has 10 aromatic carbocycles. The Hall–Kier alpha value is -7.74. The second kappa shape index (κ2) is 14.7. The van der Waals surface area contributed by atoms with Crippen molar-refractivity contribution in [3.63, 3.8) is 0 Å². The number of hydrogen-bond donors (Lipinski definition) is 0. The molecule has 2 aliphatic rings. The summed E-state index contributed by atoms with van der Waals surface area (Å²) in [6, 6.07) is 85.5. The standard InChI is InChI=1S/C63H47N/c1-62(2)54-30-13-10-25-49(54)50-40-37-45(41-57(50)62)42-35-38-47(39-36-42)64(59-34-18-32-56-61(59)53-27-11-14-31-55(53)63(56,3)46-23-8-5-9-24-46)58-33-15-12-26-51(58)52-29-17-22-44-21-16-28-48(60(44)52)43-19-6-4-7-20-43/h4-41H,1-3H3. The number of hydrogen-bond acceptors (Lipinski definition) is 1. The molecule has 0 saturated heterocycles. The molecule has 64 heavy (non-hydrogen) atoms. The molecule has 0 heterocycles. The van der Waals surface area contributed by atoms with Crippen molar-refractivity contribution in [1.29, 1.82) is 0 Å². The van der Waals surface area contributed by atoms with Gasteiger partial charge in [0.25, 0.3) is 0 Å². The summed E-state index contributed by atoms with van der Waals surface area (Å²) in [5.74, 6) is 0. The summed E-state index contributed by atoms with van der Waals surface area (Å²) < 4.78 is 0. The van der Waals surface area contributed by atoms with E-state index in [0.29, 0.717) is 0 Å². The Morgan fingerprint density at radius 2 is 0.875 bits per heavy atom. The summed E-state index contributed by atoms with van der Waals surface area (Å²) in [6.07, 6.45) is 0. The van der Waals surface area contributed by atoms with Gasteiger partial charge < -0.3 is 4.90 Å². The first-order valence-corrected chi connectivity index (χ1v) is 22.5. The maximum absolute atomic E-state index is 2.53. The van der Waals surface area contributed by atoms with Crippen LogP contribution in [0.3, 0.4) is 0 Å². The third-order valence-corrected chi connectivity index (χ3v) is 14.4. The number of rotatable bonds is 7. The Balaban J connectivity index is 1.08. The molecule has 0 spiro atoms. The lowest BCUT2D eigenvalue weighted by molar-refractivity contribution is 0.660. The van der Waals surface area contributed by atoms with Crippen LogP contribution in [0.4, 0.5) is 17.1 Å². The molecule has 304 valence electrons. The molecule has 2 aliphatic carbocycles. The third-order valence-electron chi connectivity index (χ3n) is 14.4.